The van der Waals surface area contributed by atoms with E-state index in [-0.39, 0.29) is 40.0 Å². The van der Waals surface area contributed by atoms with Crippen molar-refractivity contribution >= 4 is 21.7 Å². The normalized spacial score (nSPS) is 17.2. The monoisotopic (exact) mass is 458 g/mol. The Balaban J connectivity index is 1.71. The van der Waals surface area contributed by atoms with E-state index >= 15 is 0 Å². The van der Waals surface area contributed by atoms with Crippen LogP contribution in [0.1, 0.15) is 65.1 Å². The predicted molar refractivity (Wildman–Crippen MR) is 115 cm³/mol. The number of sulfonamides is 1. The number of alkyl halides is 1. The van der Waals surface area contributed by atoms with E-state index in [2.05, 4.69) is 4.72 Å². The van der Waals surface area contributed by atoms with E-state index in [4.69, 9.17) is 4.74 Å². The van der Waals surface area contributed by atoms with Crippen molar-refractivity contribution in [1.82, 2.24) is 0 Å². The molecular weight excluding hydrogens is 435 g/mol. The summed E-state index contributed by atoms with van der Waals surface area (Å²) in [5, 5.41) is 18.7. The van der Waals surface area contributed by atoms with Crippen LogP contribution >= 0.6 is 0 Å². The van der Waals surface area contributed by atoms with Crippen LogP contribution in [0.2, 0.25) is 0 Å². The van der Waals surface area contributed by atoms with Gasteiger partial charge in [-0.25, -0.2) is 17.6 Å². The van der Waals surface area contributed by atoms with Crippen LogP contribution in [0.5, 0.6) is 5.75 Å². The molecule has 2 aliphatic rings. The summed E-state index contributed by atoms with van der Waals surface area (Å²) in [4.78, 5) is 11.3. The van der Waals surface area contributed by atoms with E-state index in [9.17, 15) is 28.0 Å². The Kier molecular flexibility index (Phi) is 5.59. The minimum atomic E-state index is -4.21. The van der Waals surface area contributed by atoms with Gasteiger partial charge in [0.25, 0.3) is 10.0 Å². The summed E-state index contributed by atoms with van der Waals surface area (Å²) in [5.41, 5.74) is -0.203. The van der Waals surface area contributed by atoms with Gasteiger partial charge in [0.05, 0.1) is 27.8 Å². The van der Waals surface area contributed by atoms with Gasteiger partial charge in [-0.3, -0.25) is 4.72 Å². The summed E-state index contributed by atoms with van der Waals surface area (Å²) in [7, 11) is -4.21. The SMILES string of the molecule is Cc1cc(OCC2(F)CCC2)c(NS(=O)(=O)c2cc(C(=O)O)ccc2C2CC2)cc1C#N. The van der Waals surface area contributed by atoms with Crippen molar-refractivity contribution in [2.45, 2.75) is 55.5 Å². The number of carbonyl (C=O) groups is 1. The first-order valence-electron chi connectivity index (χ1n) is 10.4. The number of nitrogens with zero attached hydrogens (tertiary/aromatic N) is 1. The number of aryl methyl sites for hydroxylation is 1. The third-order valence-electron chi connectivity index (χ3n) is 5.99. The smallest absolute Gasteiger partial charge is 0.335 e. The van der Waals surface area contributed by atoms with E-state index < -0.39 is 21.7 Å². The maximum Gasteiger partial charge on any atom is 0.335 e. The summed E-state index contributed by atoms with van der Waals surface area (Å²) in [5.74, 6) is -1.06. The number of halogens is 1. The number of ether oxygens (including phenoxy) is 1. The molecule has 32 heavy (non-hydrogen) atoms. The highest BCUT2D eigenvalue weighted by atomic mass is 32.2. The highest BCUT2D eigenvalue weighted by Crippen LogP contribution is 2.44. The van der Waals surface area contributed by atoms with Crippen LogP contribution in [-0.2, 0) is 10.0 Å². The zero-order valence-electron chi connectivity index (χ0n) is 17.5. The number of nitriles is 1. The van der Waals surface area contributed by atoms with Gasteiger partial charge in [0, 0.05) is 0 Å². The fraction of sp³-hybridized carbons (Fsp3) is 0.391. The van der Waals surface area contributed by atoms with Crippen molar-refractivity contribution in [1.29, 1.82) is 5.26 Å². The quantitative estimate of drug-likeness (QED) is 0.601. The molecule has 0 aliphatic heterocycles. The van der Waals surface area contributed by atoms with Gasteiger partial charge in [-0.2, -0.15) is 5.26 Å². The molecule has 2 N–H and O–H groups in total. The minimum Gasteiger partial charge on any atom is -0.488 e. The molecular formula is C23H23FN2O5S. The molecule has 0 radical (unpaired) electrons. The Bertz CT molecular complexity index is 1230. The molecule has 168 valence electrons. The first-order valence-corrected chi connectivity index (χ1v) is 11.9. The van der Waals surface area contributed by atoms with Crippen molar-refractivity contribution < 1.29 is 27.4 Å². The third kappa shape index (κ3) is 4.41. The molecule has 9 heteroatoms. The minimum absolute atomic E-state index is 0.0116. The maximum absolute atomic E-state index is 14.5. The molecule has 2 aliphatic carbocycles. The topological polar surface area (TPSA) is 116 Å². The van der Waals surface area contributed by atoms with Gasteiger partial charge in [-0.1, -0.05) is 6.07 Å². The van der Waals surface area contributed by atoms with Gasteiger partial charge in [-0.05, 0) is 80.3 Å². The number of hydrogen-bond donors (Lipinski definition) is 2. The molecule has 0 heterocycles. The van der Waals surface area contributed by atoms with Crippen LogP contribution in [0.3, 0.4) is 0 Å². The highest BCUT2D eigenvalue weighted by molar-refractivity contribution is 7.92. The fourth-order valence-corrected chi connectivity index (χ4v) is 5.13. The van der Waals surface area contributed by atoms with Gasteiger partial charge in [0.2, 0.25) is 0 Å². The van der Waals surface area contributed by atoms with Gasteiger partial charge < -0.3 is 9.84 Å². The lowest BCUT2D eigenvalue weighted by Crippen LogP contribution is -2.38. The maximum atomic E-state index is 14.5. The standard InChI is InChI=1S/C23H23FN2O5S/c1-14-9-20(31-13-23(24)7-2-8-23)19(10-17(14)12-25)26-32(29,30)21-11-16(22(27)28)5-6-18(21)15-3-4-15/h5-6,9-11,15,26H,2-4,7-8,13H2,1H3,(H,27,28). The van der Waals surface area contributed by atoms with Crippen LogP contribution in [0.15, 0.2) is 35.2 Å². The number of hydrogen-bond acceptors (Lipinski definition) is 5. The van der Waals surface area contributed by atoms with Crippen molar-refractivity contribution in [3.8, 4) is 11.8 Å². The Labute approximate surface area is 185 Å². The summed E-state index contributed by atoms with van der Waals surface area (Å²) in [6.07, 6.45) is 3.19. The lowest BCUT2D eigenvalue weighted by atomic mass is 9.83. The van der Waals surface area contributed by atoms with Crippen molar-refractivity contribution in [3.05, 3.63) is 52.6 Å². The van der Waals surface area contributed by atoms with Crippen molar-refractivity contribution in [2.24, 2.45) is 0 Å². The lowest BCUT2D eigenvalue weighted by molar-refractivity contribution is 0.0127. The molecule has 7 nitrogen and oxygen atoms in total. The molecule has 0 bridgehead atoms. The van der Waals surface area contributed by atoms with E-state index in [1.807, 2.05) is 6.07 Å². The first kappa shape index (κ1) is 22.1. The van der Waals surface area contributed by atoms with E-state index in [1.165, 1.54) is 24.3 Å². The zero-order valence-corrected chi connectivity index (χ0v) is 18.3. The molecule has 2 saturated carbocycles. The number of nitrogens with one attached hydrogen (secondary N) is 1. The number of rotatable bonds is 8. The highest BCUT2D eigenvalue weighted by Gasteiger charge is 2.38. The lowest BCUT2D eigenvalue weighted by Gasteiger charge is -2.33. The molecule has 2 aromatic carbocycles. The largest absolute Gasteiger partial charge is 0.488 e. The molecule has 2 aromatic rings. The number of carboxylic acid groups (broad SMARTS) is 1. The summed E-state index contributed by atoms with van der Waals surface area (Å²) in [6, 6.07) is 8.93. The van der Waals surface area contributed by atoms with Crippen LogP contribution in [0.25, 0.3) is 0 Å². The van der Waals surface area contributed by atoms with Crippen LogP contribution in [-0.4, -0.2) is 31.8 Å². The fourth-order valence-electron chi connectivity index (χ4n) is 3.74. The van der Waals surface area contributed by atoms with Crippen LogP contribution in [0, 0.1) is 18.3 Å². The first-order chi connectivity index (χ1) is 15.1. The second kappa shape index (κ2) is 8.10. The van der Waals surface area contributed by atoms with Gasteiger partial charge >= 0.3 is 5.97 Å². The van der Waals surface area contributed by atoms with Crippen molar-refractivity contribution in [2.75, 3.05) is 11.3 Å². The molecule has 0 spiro atoms. The van der Waals surface area contributed by atoms with E-state index in [1.54, 1.807) is 6.92 Å². The number of carboxylic acids is 1. The number of aromatic carboxylic acids is 1. The molecule has 0 aromatic heterocycles. The summed E-state index contributed by atoms with van der Waals surface area (Å²) < 4.78 is 49.2. The molecule has 0 unspecified atom stereocenters. The average Bonchev–Trinajstić information content (AvgIpc) is 3.57. The molecule has 0 amide bonds. The number of anilines is 1. The Morgan fingerprint density at radius 1 is 1.31 bits per heavy atom. The molecule has 2 fully saturated rings. The summed E-state index contributed by atoms with van der Waals surface area (Å²) in [6.45, 7) is 1.47. The molecule has 0 saturated heterocycles. The number of benzene rings is 2. The van der Waals surface area contributed by atoms with E-state index in [0.717, 1.165) is 25.3 Å². The Morgan fingerprint density at radius 3 is 2.59 bits per heavy atom. The second-order valence-corrected chi connectivity index (χ2v) is 10.2. The molecule has 0 atom stereocenters. The van der Waals surface area contributed by atoms with Gasteiger partial charge in [0.15, 0.2) is 0 Å². The zero-order chi connectivity index (χ0) is 23.1. The third-order valence-corrected chi connectivity index (χ3v) is 7.42. The van der Waals surface area contributed by atoms with Crippen LogP contribution < -0.4 is 9.46 Å². The Hall–Kier alpha value is -3.12. The second-order valence-electron chi connectivity index (χ2n) is 8.51. The van der Waals surface area contributed by atoms with Crippen molar-refractivity contribution in [3.63, 3.8) is 0 Å². The Morgan fingerprint density at radius 2 is 2.03 bits per heavy atom. The predicted octanol–water partition coefficient (Wildman–Crippen LogP) is 4.51. The van der Waals surface area contributed by atoms with Gasteiger partial charge in [0.1, 0.15) is 18.0 Å². The van der Waals surface area contributed by atoms with Crippen LogP contribution in [0.4, 0.5) is 10.1 Å². The average molecular weight is 459 g/mol. The van der Waals surface area contributed by atoms with Gasteiger partial charge in [-0.15, -0.1) is 0 Å². The van der Waals surface area contributed by atoms with E-state index in [0.29, 0.717) is 24.0 Å². The summed E-state index contributed by atoms with van der Waals surface area (Å²) >= 11 is 0. The molecule has 4 rings (SSSR count).